The quantitative estimate of drug-likeness (QED) is 0.908. The number of hydrogen-bond donors (Lipinski definition) is 1. The van der Waals surface area contributed by atoms with Crippen molar-refractivity contribution < 1.29 is 9.18 Å². The Morgan fingerprint density at radius 2 is 1.88 bits per heavy atom. The monoisotopic (exact) mass is 342 g/mol. The molecule has 1 aromatic carbocycles. The van der Waals surface area contributed by atoms with Crippen LogP contribution in [0.4, 0.5) is 10.3 Å². The van der Waals surface area contributed by atoms with E-state index in [1.807, 2.05) is 19.1 Å². The summed E-state index contributed by atoms with van der Waals surface area (Å²) < 4.78 is 13.0. The zero-order chi connectivity index (χ0) is 17.6. The first-order chi connectivity index (χ1) is 12.1. The first-order valence-corrected chi connectivity index (χ1v) is 8.68. The molecule has 3 rings (SSSR count). The smallest absolute Gasteiger partial charge is 0.243 e. The van der Waals surface area contributed by atoms with E-state index in [4.69, 9.17) is 0 Å². The Labute approximate surface area is 147 Å². The number of piperidine rings is 1. The van der Waals surface area contributed by atoms with E-state index >= 15 is 0 Å². The number of amides is 1. The summed E-state index contributed by atoms with van der Waals surface area (Å²) in [7, 11) is 0. The molecule has 5 nitrogen and oxygen atoms in total. The van der Waals surface area contributed by atoms with Gasteiger partial charge in [-0.2, -0.15) is 0 Å². The van der Waals surface area contributed by atoms with Gasteiger partial charge in [-0.25, -0.2) is 14.4 Å². The summed E-state index contributed by atoms with van der Waals surface area (Å²) in [5.41, 5.74) is 1.17. The molecule has 1 amide bonds. The summed E-state index contributed by atoms with van der Waals surface area (Å²) in [5, 5.41) is 2.76. The molecule has 0 unspecified atom stereocenters. The van der Waals surface area contributed by atoms with Crippen LogP contribution in [0.25, 0.3) is 0 Å². The van der Waals surface area contributed by atoms with Crippen molar-refractivity contribution in [2.24, 2.45) is 5.92 Å². The van der Waals surface area contributed by atoms with E-state index in [9.17, 15) is 9.18 Å². The zero-order valence-corrected chi connectivity index (χ0v) is 14.4. The van der Waals surface area contributed by atoms with E-state index in [-0.39, 0.29) is 17.8 Å². The predicted octanol–water partition coefficient (Wildman–Crippen LogP) is 2.90. The van der Waals surface area contributed by atoms with Gasteiger partial charge in [-0.3, -0.25) is 15.0 Å². The van der Waals surface area contributed by atoms with Crippen LogP contribution in [0.5, 0.6) is 0 Å². The molecule has 6 heteroatoms. The highest BCUT2D eigenvalue weighted by molar-refractivity contribution is 5.93. The van der Waals surface area contributed by atoms with Crippen LogP contribution in [0, 0.1) is 11.7 Å². The maximum atomic E-state index is 13.0. The Morgan fingerprint density at radius 1 is 1.24 bits per heavy atom. The van der Waals surface area contributed by atoms with Gasteiger partial charge < -0.3 is 0 Å². The van der Waals surface area contributed by atoms with Crippen molar-refractivity contribution in [2.75, 3.05) is 18.4 Å². The number of rotatable bonds is 5. The Kier molecular flexibility index (Phi) is 5.71. The highest BCUT2D eigenvalue weighted by Gasteiger charge is 2.27. The molecule has 1 fully saturated rings. The van der Waals surface area contributed by atoms with E-state index in [1.165, 1.54) is 17.7 Å². The minimum atomic E-state index is -0.212. The van der Waals surface area contributed by atoms with Crippen molar-refractivity contribution in [3.05, 3.63) is 54.1 Å². The molecule has 1 aliphatic rings. The Bertz CT molecular complexity index is 684. The average molecular weight is 342 g/mol. The minimum Gasteiger partial charge on any atom is -0.293 e. The fraction of sp³-hybridized carbons (Fsp3) is 0.421. The summed E-state index contributed by atoms with van der Waals surface area (Å²) in [6.45, 7) is 3.69. The van der Waals surface area contributed by atoms with Gasteiger partial charge in [0.1, 0.15) is 5.82 Å². The number of aromatic nitrogens is 2. The van der Waals surface area contributed by atoms with Crippen molar-refractivity contribution in [3.8, 4) is 0 Å². The lowest BCUT2D eigenvalue weighted by molar-refractivity contribution is -0.121. The Balaban J connectivity index is 1.47. The van der Waals surface area contributed by atoms with Crippen molar-refractivity contribution in [2.45, 2.75) is 32.2 Å². The molecule has 1 saturated heterocycles. The van der Waals surface area contributed by atoms with Crippen molar-refractivity contribution in [1.82, 2.24) is 14.9 Å². The van der Waals surface area contributed by atoms with Crippen molar-refractivity contribution in [3.63, 3.8) is 0 Å². The predicted molar refractivity (Wildman–Crippen MR) is 94.5 cm³/mol. The average Bonchev–Trinajstić information content (AvgIpc) is 2.64. The maximum Gasteiger partial charge on any atom is 0.243 e. The lowest BCUT2D eigenvalue weighted by Gasteiger charge is -2.35. The Morgan fingerprint density at radius 3 is 2.52 bits per heavy atom. The topological polar surface area (TPSA) is 58.1 Å². The number of nitrogens with zero attached hydrogens (tertiary/aromatic N) is 3. The molecule has 0 bridgehead atoms. The van der Waals surface area contributed by atoms with E-state index < -0.39 is 0 Å². The summed E-state index contributed by atoms with van der Waals surface area (Å²) in [6.07, 6.45) is 6.25. The van der Waals surface area contributed by atoms with Gasteiger partial charge in [-0.05, 0) is 69.0 Å². The van der Waals surface area contributed by atoms with E-state index in [1.54, 1.807) is 18.5 Å². The van der Waals surface area contributed by atoms with E-state index in [2.05, 4.69) is 20.2 Å². The van der Waals surface area contributed by atoms with Crippen LogP contribution in [0.3, 0.4) is 0 Å². The standard InChI is InChI=1S/C19H23FN4O/c1-14(18(25)23-19-21-9-2-10-22-19)24-11-7-16(8-12-24)13-15-3-5-17(20)6-4-15/h2-6,9-10,14,16H,7-8,11-13H2,1H3,(H,21,22,23,25)/t14-/m1/s1. The van der Waals surface area contributed by atoms with Gasteiger partial charge in [-0.1, -0.05) is 12.1 Å². The lowest BCUT2D eigenvalue weighted by atomic mass is 9.89. The molecule has 0 aliphatic carbocycles. The number of hydrogen-bond acceptors (Lipinski definition) is 4. The molecular weight excluding hydrogens is 319 g/mol. The zero-order valence-electron chi connectivity index (χ0n) is 14.4. The van der Waals surface area contributed by atoms with Gasteiger partial charge in [0.25, 0.3) is 0 Å². The van der Waals surface area contributed by atoms with Gasteiger partial charge in [0.05, 0.1) is 6.04 Å². The lowest BCUT2D eigenvalue weighted by Crippen LogP contribution is -2.46. The molecule has 2 aromatic rings. The minimum absolute atomic E-state index is 0.0804. The third-order valence-corrected chi connectivity index (χ3v) is 4.81. The third kappa shape index (κ3) is 4.82. The number of carbonyl (C=O) groups excluding carboxylic acids is 1. The molecule has 1 N–H and O–H groups in total. The van der Waals surface area contributed by atoms with Gasteiger partial charge in [0.2, 0.25) is 11.9 Å². The van der Waals surface area contributed by atoms with Crippen LogP contribution in [-0.4, -0.2) is 39.9 Å². The molecule has 132 valence electrons. The number of carbonyl (C=O) groups is 1. The fourth-order valence-electron chi connectivity index (χ4n) is 3.24. The first kappa shape index (κ1) is 17.5. The SMILES string of the molecule is C[C@H](C(=O)Nc1ncccn1)N1CCC(Cc2ccc(F)cc2)CC1. The van der Waals surface area contributed by atoms with Gasteiger partial charge >= 0.3 is 0 Å². The van der Waals surface area contributed by atoms with Gasteiger partial charge in [0, 0.05) is 12.4 Å². The summed E-state index contributed by atoms with van der Waals surface area (Å²) in [6, 6.07) is 8.25. The molecular formula is C19H23FN4O. The molecule has 2 heterocycles. The van der Waals surface area contributed by atoms with Crippen molar-refractivity contribution in [1.29, 1.82) is 0 Å². The number of anilines is 1. The molecule has 1 aliphatic heterocycles. The van der Waals surface area contributed by atoms with Crippen LogP contribution in [0.15, 0.2) is 42.7 Å². The number of likely N-dealkylation sites (tertiary alicyclic amines) is 1. The highest BCUT2D eigenvalue weighted by Crippen LogP contribution is 2.23. The maximum absolute atomic E-state index is 13.0. The van der Waals surface area contributed by atoms with E-state index in [0.29, 0.717) is 11.9 Å². The molecule has 0 spiro atoms. The summed E-state index contributed by atoms with van der Waals surface area (Å²) in [5.74, 6) is 0.643. The number of benzene rings is 1. The Hall–Kier alpha value is -2.34. The van der Waals surface area contributed by atoms with Crippen LogP contribution in [0.2, 0.25) is 0 Å². The molecule has 1 atom stereocenters. The van der Waals surface area contributed by atoms with Crippen LogP contribution in [-0.2, 0) is 11.2 Å². The van der Waals surface area contributed by atoms with Gasteiger partial charge in [-0.15, -0.1) is 0 Å². The number of halogens is 1. The first-order valence-electron chi connectivity index (χ1n) is 8.68. The third-order valence-electron chi connectivity index (χ3n) is 4.81. The second kappa shape index (κ2) is 8.16. The highest BCUT2D eigenvalue weighted by atomic mass is 19.1. The van der Waals surface area contributed by atoms with Crippen LogP contribution >= 0.6 is 0 Å². The van der Waals surface area contributed by atoms with Gasteiger partial charge in [0.15, 0.2) is 0 Å². The number of nitrogens with one attached hydrogen (secondary N) is 1. The van der Waals surface area contributed by atoms with Crippen molar-refractivity contribution >= 4 is 11.9 Å². The molecule has 0 radical (unpaired) electrons. The summed E-state index contributed by atoms with van der Waals surface area (Å²) in [4.78, 5) is 22.6. The second-order valence-electron chi connectivity index (χ2n) is 6.55. The normalized spacial score (nSPS) is 17.2. The molecule has 0 saturated carbocycles. The largest absolute Gasteiger partial charge is 0.293 e. The fourth-order valence-corrected chi connectivity index (χ4v) is 3.24. The molecule has 1 aromatic heterocycles. The molecule has 25 heavy (non-hydrogen) atoms. The summed E-state index contributed by atoms with van der Waals surface area (Å²) >= 11 is 0. The van der Waals surface area contributed by atoms with Crippen LogP contribution in [0.1, 0.15) is 25.3 Å². The second-order valence-corrected chi connectivity index (χ2v) is 6.55. The van der Waals surface area contributed by atoms with E-state index in [0.717, 1.165) is 32.4 Å². The van der Waals surface area contributed by atoms with Crippen LogP contribution < -0.4 is 5.32 Å².